The quantitative estimate of drug-likeness (QED) is 0.870. The summed E-state index contributed by atoms with van der Waals surface area (Å²) in [6.07, 6.45) is 3.04. The summed E-state index contributed by atoms with van der Waals surface area (Å²) in [5, 5.41) is 7.71. The maximum atomic E-state index is 12.6. The molecule has 2 aromatic rings. The van der Waals surface area contributed by atoms with Crippen LogP contribution in [-0.4, -0.2) is 20.5 Å². The van der Waals surface area contributed by atoms with Crippen LogP contribution in [-0.2, 0) is 4.79 Å². The van der Waals surface area contributed by atoms with Crippen LogP contribution >= 0.6 is 0 Å². The van der Waals surface area contributed by atoms with Crippen molar-refractivity contribution in [2.45, 2.75) is 32.7 Å². The molecule has 108 valence electrons. The lowest BCUT2D eigenvalue weighted by atomic mass is 9.82. The van der Waals surface area contributed by atoms with Crippen molar-refractivity contribution in [1.29, 1.82) is 0 Å². The second kappa shape index (κ2) is 4.31. The lowest BCUT2D eigenvalue weighted by Gasteiger charge is -2.32. The number of aryl methyl sites for hydroxylation is 1. The van der Waals surface area contributed by atoms with Crippen LogP contribution in [0, 0.1) is 12.8 Å². The molecule has 2 atom stereocenters. The van der Waals surface area contributed by atoms with Gasteiger partial charge in [0.25, 0.3) is 0 Å². The number of anilines is 1. The Morgan fingerprint density at radius 2 is 2.29 bits per heavy atom. The van der Waals surface area contributed by atoms with Crippen molar-refractivity contribution in [2.24, 2.45) is 5.92 Å². The summed E-state index contributed by atoms with van der Waals surface area (Å²) in [6, 6.07) is 3.40. The van der Waals surface area contributed by atoms with E-state index >= 15 is 0 Å². The van der Waals surface area contributed by atoms with Gasteiger partial charge in [0.2, 0.25) is 5.95 Å². The first-order valence-electron chi connectivity index (χ1n) is 7.13. The Hall–Kier alpha value is -2.37. The third-order valence-corrected chi connectivity index (χ3v) is 4.04. The molecule has 6 heteroatoms. The molecule has 1 N–H and O–H groups in total. The van der Waals surface area contributed by atoms with Crippen LogP contribution in [0.3, 0.4) is 0 Å². The van der Waals surface area contributed by atoms with Gasteiger partial charge in [-0.25, -0.2) is 4.68 Å². The fraction of sp³-hybridized carbons (Fsp3) is 0.400. The number of allylic oxidation sites excluding steroid dienone is 2. The zero-order valence-corrected chi connectivity index (χ0v) is 12.0. The van der Waals surface area contributed by atoms with Crippen molar-refractivity contribution in [1.82, 2.24) is 14.8 Å². The largest absolute Gasteiger partial charge is 0.467 e. The lowest BCUT2D eigenvalue weighted by molar-refractivity contribution is -0.117. The molecule has 3 heterocycles. The molecule has 6 nitrogen and oxygen atoms in total. The van der Waals surface area contributed by atoms with Gasteiger partial charge in [-0.2, -0.15) is 10.1 Å². The molecule has 2 aromatic heterocycles. The predicted octanol–water partition coefficient (Wildman–Crippen LogP) is 2.45. The molecule has 2 aliphatic rings. The Bertz CT molecular complexity index is 742. The Labute approximate surface area is 121 Å². The van der Waals surface area contributed by atoms with E-state index in [2.05, 4.69) is 22.3 Å². The third kappa shape index (κ3) is 1.82. The zero-order valence-electron chi connectivity index (χ0n) is 12.0. The average molecular weight is 284 g/mol. The molecule has 0 saturated heterocycles. The number of carbonyl (C=O) groups excluding carboxylic acids is 1. The average Bonchev–Trinajstić information content (AvgIpc) is 3.03. The van der Waals surface area contributed by atoms with Gasteiger partial charge >= 0.3 is 0 Å². The Morgan fingerprint density at radius 1 is 1.43 bits per heavy atom. The van der Waals surface area contributed by atoms with E-state index in [0.29, 0.717) is 24.1 Å². The maximum absolute atomic E-state index is 12.6. The summed E-state index contributed by atoms with van der Waals surface area (Å²) in [6.45, 7) is 3.94. The summed E-state index contributed by atoms with van der Waals surface area (Å²) < 4.78 is 7.31. The van der Waals surface area contributed by atoms with Crippen molar-refractivity contribution in [3.8, 4) is 0 Å². The van der Waals surface area contributed by atoms with E-state index in [-0.39, 0.29) is 11.8 Å². The van der Waals surface area contributed by atoms with Crippen LogP contribution in [0.2, 0.25) is 0 Å². The van der Waals surface area contributed by atoms with E-state index in [0.717, 1.165) is 23.5 Å². The molecule has 0 spiro atoms. The van der Waals surface area contributed by atoms with E-state index in [4.69, 9.17) is 4.42 Å². The summed E-state index contributed by atoms with van der Waals surface area (Å²) >= 11 is 0. The van der Waals surface area contributed by atoms with E-state index in [1.54, 1.807) is 10.9 Å². The van der Waals surface area contributed by atoms with E-state index < -0.39 is 0 Å². The summed E-state index contributed by atoms with van der Waals surface area (Å²) in [7, 11) is 0. The first-order valence-corrected chi connectivity index (χ1v) is 7.13. The molecule has 0 aromatic carbocycles. The molecular weight excluding hydrogens is 268 g/mol. The highest BCUT2D eigenvalue weighted by molar-refractivity contribution is 5.99. The number of rotatable bonds is 1. The number of ketones is 1. The first-order chi connectivity index (χ1) is 10.1. The van der Waals surface area contributed by atoms with Gasteiger partial charge in [-0.05, 0) is 31.4 Å². The zero-order chi connectivity index (χ0) is 14.6. The van der Waals surface area contributed by atoms with Crippen LogP contribution in [0.4, 0.5) is 5.95 Å². The van der Waals surface area contributed by atoms with Crippen LogP contribution in [0.1, 0.15) is 37.4 Å². The minimum absolute atomic E-state index is 0.163. The van der Waals surface area contributed by atoms with E-state index in [9.17, 15) is 4.79 Å². The van der Waals surface area contributed by atoms with E-state index in [1.807, 2.05) is 19.1 Å². The maximum Gasteiger partial charge on any atom is 0.226 e. The standard InChI is InChI=1S/C15H16N4O2/c1-8-6-10-13(11(20)7-8)14(12-4-3-5-21-12)19-15(17-10)16-9(2)18-19/h3-5,8,14H,6-7H2,1-2H3,(H,16,17,18)/t8-,14-/m1/s1. The highest BCUT2D eigenvalue weighted by Gasteiger charge is 2.39. The molecule has 0 unspecified atom stereocenters. The van der Waals surface area contributed by atoms with Crippen LogP contribution in [0.25, 0.3) is 0 Å². The minimum Gasteiger partial charge on any atom is -0.467 e. The fourth-order valence-corrected chi connectivity index (χ4v) is 3.22. The third-order valence-electron chi connectivity index (χ3n) is 4.04. The van der Waals surface area contributed by atoms with Crippen molar-refractivity contribution < 1.29 is 9.21 Å². The molecule has 4 rings (SSSR count). The molecule has 0 saturated carbocycles. The topological polar surface area (TPSA) is 73.0 Å². The van der Waals surface area contributed by atoms with Gasteiger partial charge in [0, 0.05) is 17.7 Å². The summed E-state index contributed by atoms with van der Waals surface area (Å²) in [4.78, 5) is 17.0. The molecule has 21 heavy (non-hydrogen) atoms. The van der Waals surface area contributed by atoms with Crippen LogP contribution in [0.15, 0.2) is 34.1 Å². The molecule has 1 aliphatic carbocycles. The summed E-state index contributed by atoms with van der Waals surface area (Å²) in [5.74, 6) is 2.58. The summed E-state index contributed by atoms with van der Waals surface area (Å²) in [5.41, 5.74) is 1.72. The van der Waals surface area contributed by atoms with Gasteiger partial charge in [-0.1, -0.05) is 6.92 Å². The Morgan fingerprint density at radius 3 is 3.05 bits per heavy atom. The van der Waals surface area contributed by atoms with Crippen molar-refractivity contribution in [2.75, 3.05) is 5.32 Å². The predicted molar refractivity (Wildman–Crippen MR) is 75.7 cm³/mol. The monoisotopic (exact) mass is 284 g/mol. The number of furan rings is 1. The van der Waals surface area contributed by atoms with Gasteiger partial charge in [-0.15, -0.1) is 0 Å². The number of nitrogens with zero attached hydrogens (tertiary/aromatic N) is 3. The number of hydrogen-bond donors (Lipinski definition) is 1. The molecular formula is C15H16N4O2. The number of Topliss-reactive ketones (excluding diaryl/α,β-unsaturated/α-hetero) is 1. The lowest BCUT2D eigenvalue weighted by Crippen LogP contribution is -2.33. The van der Waals surface area contributed by atoms with Gasteiger partial charge in [-0.3, -0.25) is 4.79 Å². The van der Waals surface area contributed by atoms with E-state index in [1.165, 1.54) is 0 Å². The molecule has 0 amide bonds. The second-order valence-electron chi connectivity index (χ2n) is 5.80. The fourth-order valence-electron chi connectivity index (χ4n) is 3.22. The molecule has 0 fully saturated rings. The molecule has 0 bridgehead atoms. The van der Waals surface area contributed by atoms with Crippen LogP contribution in [0.5, 0.6) is 0 Å². The normalized spacial score (nSPS) is 24.6. The van der Waals surface area contributed by atoms with Crippen LogP contribution < -0.4 is 5.32 Å². The minimum atomic E-state index is -0.313. The number of carbonyl (C=O) groups is 1. The highest BCUT2D eigenvalue weighted by Crippen LogP contribution is 2.41. The van der Waals surface area contributed by atoms with Gasteiger partial charge in [0.05, 0.1) is 6.26 Å². The van der Waals surface area contributed by atoms with Gasteiger partial charge < -0.3 is 9.73 Å². The Kier molecular flexibility index (Phi) is 2.54. The second-order valence-corrected chi connectivity index (χ2v) is 5.80. The smallest absolute Gasteiger partial charge is 0.226 e. The van der Waals surface area contributed by atoms with Crippen molar-refractivity contribution >= 4 is 11.7 Å². The number of aromatic nitrogens is 3. The van der Waals surface area contributed by atoms with Gasteiger partial charge in [0.15, 0.2) is 5.78 Å². The van der Waals surface area contributed by atoms with Crippen molar-refractivity contribution in [3.63, 3.8) is 0 Å². The van der Waals surface area contributed by atoms with Gasteiger partial charge in [0.1, 0.15) is 17.6 Å². The SMILES string of the molecule is Cc1nc2n(n1)[C@H](c1ccco1)C1=C(C[C@@H](C)CC1=O)N2. The number of nitrogens with one attached hydrogen (secondary N) is 1. The molecule has 1 aliphatic heterocycles. The Balaban J connectivity index is 1.92. The number of hydrogen-bond acceptors (Lipinski definition) is 5. The first kappa shape index (κ1) is 12.4. The number of fused-ring (bicyclic) bond motifs is 1. The van der Waals surface area contributed by atoms with Crippen molar-refractivity contribution in [3.05, 3.63) is 41.3 Å². The highest BCUT2D eigenvalue weighted by atomic mass is 16.3. The molecule has 0 radical (unpaired) electrons.